The highest BCUT2D eigenvalue weighted by Crippen LogP contribution is 2.62. The van der Waals surface area contributed by atoms with Crippen molar-refractivity contribution in [1.29, 1.82) is 0 Å². The van der Waals surface area contributed by atoms with Crippen molar-refractivity contribution in [3.8, 4) is 44.5 Å². The predicted octanol–water partition coefficient (Wildman–Crippen LogP) is 11.5. The monoisotopic (exact) mass is 632 g/mol. The Morgan fingerprint density at radius 2 is 0.854 bits per heavy atom. The van der Waals surface area contributed by atoms with E-state index in [-0.39, 0.29) is 5.41 Å². The van der Waals surface area contributed by atoms with Crippen molar-refractivity contribution in [3.05, 3.63) is 198 Å². The first kappa shape index (κ1) is 29.1. The van der Waals surface area contributed by atoms with Crippen LogP contribution in [0.25, 0.3) is 44.5 Å². The highest BCUT2D eigenvalue weighted by molar-refractivity contribution is 7.49. The zero-order valence-electron chi connectivity index (χ0n) is 26.9. The van der Waals surface area contributed by atoms with Gasteiger partial charge in [0, 0.05) is 5.41 Å². The van der Waals surface area contributed by atoms with Crippen LogP contribution in [-0.2, 0) is 18.3 Å². The molecule has 0 spiro atoms. The van der Waals surface area contributed by atoms with Gasteiger partial charge in [0.15, 0.2) is 0 Å². The van der Waals surface area contributed by atoms with Gasteiger partial charge in [-0.15, -0.1) is 0 Å². The molecule has 12 rings (SSSR count). The largest absolute Gasteiger partial charge is 0.0852 e. The summed E-state index contributed by atoms with van der Waals surface area (Å²) in [4.78, 5) is 0. The molecule has 0 N–H and O–H groups in total. The minimum atomic E-state index is 0.0230. The summed E-state index contributed by atoms with van der Waals surface area (Å²) >= 11 is 0. The van der Waals surface area contributed by atoms with Crippen molar-refractivity contribution in [2.24, 2.45) is 0 Å². The van der Waals surface area contributed by atoms with Gasteiger partial charge >= 0.3 is 0 Å². The molecule has 7 aromatic carbocycles. The fraction of sp³-hybridized carbons (Fsp3) is 0.106. The predicted molar refractivity (Wildman–Crippen MR) is 206 cm³/mol. The summed E-state index contributed by atoms with van der Waals surface area (Å²) in [6.07, 6.45) is 3.26. The van der Waals surface area contributed by atoms with Crippen LogP contribution in [0.15, 0.2) is 176 Å². The molecule has 5 aliphatic rings. The molecular formula is C47H37P. The molecule has 0 saturated heterocycles. The van der Waals surface area contributed by atoms with Crippen LogP contribution in [0.3, 0.4) is 0 Å². The summed E-state index contributed by atoms with van der Waals surface area (Å²) in [5, 5.41) is 1.45. The van der Waals surface area contributed by atoms with Crippen molar-refractivity contribution in [2.75, 3.05) is 0 Å². The maximum Gasteiger partial charge on any atom is 0.0277 e. The minimum absolute atomic E-state index is 0.0230. The Hall–Kier alpha value is -5.03. The molecule has 0 nitrogen and oxygen atoms in total. The van der Waals surface area contributed by atoms with E-state index in [1.165, 1.54) is 72.1 Å². The molecule has 230 valence electrons. The standard InChI is InChI=1S/C47H37P/c1-5-13-35(14-6-1)41-31-42(48-43-32-47(43,39-17-9-3-10-18-39)40-19-11-4-12-20-40)45(36-15-7-2-8-16-36)46-38-29-25-34(26-30-38)22-21-33-23-27-37(28-24-33)44(41)46/h1-20,23-31,43,48H,21-22,32H2. The van der Waals surface area contributed by atoms with Gasteiger partial charge in [-0.2, -0.15) is 0 Å². The molecule has 48 heavy (non-hydrogen) atoms. The van der Waals surface area contributed by atoms with E-state index < -0.39 is 0 Å². The molecule has 1 heteroatoms. The van der Waals surface area contributed by atoms with Crippen LogP contribution in [0.4, 0.5) is 0 Å². The van der Waals surface area contributed by atoms with Gasteiger partial charge in [0.1, 0.15) is 0 Å². The average molecular weight is 633 g/mol. The van der Waals surface area contributed by atoms with Crippen LogP contribution in [0.2, 0.25) is 0 Å². The van der Waals surface area contributed by atoms with Crippen molar-refractivity contribution < 1.29 is 0 Å². The number of rotatable bonds is 6. The summed E-state index contributed by atoms with van der Waals surface area (Å²) in [7, 11) is 0.642. The lowest BCUT2D eigenvalue weighted by molar-refractivity contribution is 0.851. The molecule has 0 aliphatic heterocycles. The van der Waals surface area contributed by atoms with E-state index in [4.69, 9.17) is 0 Å². The molecule has 0 heterocycles. The van der Waals surface area contributed by atoms with E-state index in [1.807, 2.05) is 0 Å². The molecule has 2 unspecified atom stereocenters. The highest BCUT2D eigenvalue weighted by atomic mass is 31.1. The first-order valence-corrected chi connectivity index (χ1v) is 18.2. The second-order valence-corrected chi connectivity index (χ2v) is 14.9. The molecule has 0 radical (unpaired) electrons. The maximum atomic E-state index is 2.56. The third kappa shape index (κ3) is 5.13. The molecular weight excluding hydrogens is 595 g/mol. The number of aryl methyl sites for hydroxylation is 2. The van der Waals surface area contributed by atoms with Gasteiger partial charge in [-0.3, -0.25) is 0 Å². The summed E-state index contributed by atoms with van der Waals surface area (Å²) in [5.74, 6) is 0. The van der Waals surface area contributed by atoms with Crippen LogP contribution in [0.5, 0.6) is 0 Å². The van der Waals surface area contributed by atoms with Crippen LogP contribution in [-0.4, -0.2) is 5.66 Å². The topological polar surface area (TPSA) is 0 Å². The van der Waals surface area contributed by atoms with E-state index in [2.05, 4.69) is 176 Å². The Labute approximate surface area is 286 Å². The lowest BCUT2D eigenvalue weighted by Gasteiger charge is -2.26. The van der Waals surface area contributed by atoms with Crippen LogP contribution in [0, 0.1) is 0 Å². The summed E-state index contributed by atoms with van der Waals surface area (Å²) in [6.45, 7) is 0. The summed E-state index contributed by atoms with van der Waals surface area (Å²) < 4.78 is 0. The van der Waals surface area contributed by atoms with Crippen LogP contribution >= 0.6 is 8.58 Å². The van der Waals surface area contributed by atoms with Gasteiger partial charge < -0.3 is 0 Å². The third-order valence-electron chi connectivity index (χ3n) is 10.5. The Kier molecular flexibility index (Phi) is 7.41. The van der Waals surface area contributed by atoms with Gasteiger partial charge in [0.25, 0.3) is 0 Å². The van der Waals surface area contributed by atoms with Crippen LogP contribution in [0.1, 0.15) is 28.7 Å². The number of hydrogen-bond acceptors (Lipinski definition) is 0. The molecule has 0 aromatic heterocycles. The van der Waals surface area contributed by atoms with E-state index in [1.54, 1.807) is 0 Å². The van der Waals surface area contributed by atoms with E-state index >= 15 is 0 Å². The summed E-state index contributed by atoms with van der Waals surface area (Å²) in [5.41, 5.74) is 16.6. The first-order chi connectivity index (χ1) is 23.8. The second-order valence-electron chi connectivity index (χ2n) is 13.3. The highest BCUT2D eigenvalue weighted by Gasteiger charge is 2.56. The Bertz CT molecular complexity index is 2150. The SMILES string of the molecule is c1ccc(-c2cc(PC3CC3(c3ccccc3)c3ccccc3)c(-c3ccccc3)c3c2-c2ccc(cc2)CCc2ccc-3cc2)cc1. The molecule has 2 atom stereocenters. The van der Waals surface area contributed by atoms with Gasteiger partial charge in [0.05, 0.1) is 0 Å². The Morgan fingerprint density at radius 3 is 1.38 bits per heavy atom. The van der Waals surface area contributed by atoms with Gasteiger partial charge in [0.2, 0.25) is 0 Å². The molecule has 1 fully saturated rings. The lowest BCUT2D eigenvalue weighted by atomic mass is 9.82. The normalized spacial score (nSPS) is 16.0. The van der Waals surface area contributed by atoms with Gasteiger partial charge in [-0.25, -0.2) is 0 Å². The van der Waals surface area contributed by atoms with E-state index in [0.29, 0.717) is 14.2 Å². The quantitative estimate of drug-likeness (QED) is 0.160. The van der Waals surface area contributed by atoms with Crippen molar-refractivity contribution >= 4 is 13.9 Å². The minimum Gasteiger partial charge on any atom is -0.0852 e. The third-order valence-corrected chi connectivity index (χ3v) is 12.3. The fourth-order valence-electron chi connectivity index (χ4n) is 8.00. The zero-order chi connectivity index (χ0) is 31.9. The van der Waals surface area contributed by atoms with Gasteiger partial charge in [-0.05, 0) is 103 Å². The number of hydrogen-bond donors (Lipinski definition) is 0. The molecule has 7 aromatic rings. The Balaban J connectivity index is 1.33. The van der Waals surface area contributed by atoms with Gasteiger partial charge in [-0.1, -0.05) is 178 Å². The maximum absolute atomic E-state index is 2.56. The lowest BCUT2D eigenvalue weighted by Crippen LogP contribution is -2.15. The van der Waals surface area contributed by atoms with Crippen molar-refractivity contribution in [3.63, 3.8) is 0 Å². The smallest absolute Gasteiger partial charge is 0.0277 e. The van der Waals surface area contributed by atoms with E-state index in [9.17, 15) is 0 Å². The molecule has 4 bridgehead atoms. The molecule has 1 saturated carbocycles. The average Bonchev–Trinajstić information content (AvgIpc) is 3.89. The van der Waals surface area contributed by atoms with Crippen LogP contribution < -0.4 is 5.30 Å². The number of benzene rings is 7. The molecule has 0 amide bonds. The van der Waals surface area contributed by atoms with Crippen molar-refractivity contribution in [1.82, 2.24) is 0 Å². The first-order valence-electron chi connectivity index (χ1n) is 17.2. The fourth-order valence-corrected chi connectivity index (χ4v) is 10.0. The van der Waals surface area contributed by atoms with E-state index in [0.717, 1.165) is 19.3 Å². The Morgan fingerprint density at radius 1 is 0.417 bits per heavy atom. The van der Waals surface area contributed by atoms with Crippen molar-refractivity contribution in [2.45, 2.75) is 30.3 Å². The second kappa shape index (κ2) is 12.2. The zero-order valence-corrected chi connectivity index (χ0v) is 27.9. The molecule has 5 aliphatic carbocycles. The summed E-state index contributed by atoms with van der Waals surface area (Å²) in [6, 6.07) is 66.1.